The SMILES string of the molecule is Cc1cc(Nc2ccc(F)c(CC3(C(=O)O)CCN(Cc4cccc(Cl)c4F)C(C)C3)n2)n[nH]1. The molecule has 0 amide bonds. The van der Waals surface area contributed by atoms with Gasteiger partial charge < -0.3 is 10.4 Å². The molecule has 1 saturated heterocycles. The Balaban J connectivity index is 1.52. The molecule has 0 bridgehead atoms. The van der Waals surface area contributed by atoms with Gasteiger partial charge in [-0.3, -0.25) is 14.8 Å². The number of hydrogen-bond acceptors (Lipinski definition) is 5. The van der Waals surface area contributed by atoms with Gasteiger partial charge in [-0.05, 0) is 51.4 Å². The number of pyridine rings is 1. The van der Waals surface area contributed by atoms with E-state index in [0.717, 1.165) is 5.69 Å². The van der Waals surface area contributed by atoms with Crippen molar-refractivity contribution in [3.63, 3.8) is 0 Å². The van der Waals surface area contributed by atoms with Crippen molar-refractivity contribution in [3.05, 3.63) is 70.0 Å². The molecule has 2 aromatic heterocycles. The number of aromatic amines is 1. The van der Waals surface area contributed by atoms with Crippen molar-refractivity contribution < 1.29 is 18.7 Å². The molecule has 0 saturated carbocycles. The summed E-state index contributed by atoms with van der Waals surface area (Å²) >= 11 is 5.90. The van der Waals surface area contributed by atoms with Crippen LogP contribution in [0.5, 0.6) is 0 Å². The Morgan fingerprint density at radius 1 is 1.32 bits per heavy atom. The molecule has 4 rings (SSSR count). The number of aliphatic carboxylic acids is 1. The zero-order chi connectivity index (χ0) is 24.5. The van der Waals surface area contributed by atoms with Gasteiger partial charge in [-0.1, -0.05) is 23.7 Å². The second-order valence-corrected chi connectivity index (χ2v) is 9.34. The molecular formula is C24H26ClF2N5O2. The maximum Gasteiger partial charge on any atom is 0.310 e. The molecule has 2 unspecified atom stereocenters. The number of carboxylic acid groups (broad SMARTS) is 1. The summed E-state index contributed by atoms with van der Waals surface area (Å²) in [6.07, 6.45) is 0.515. The highest BCUT2D eigenvalue weighted by atomic mass is 35.5. The van der Waals surface area contributed by atoms with Gasteiger partial charge in [0.2, 0.25) is 0 Å². The van der Waals surface area contributed by atoms with Crippen LogP contribution in [-0.2, 0) is 17.8 Å². The highest BCUT2D eigenvalue weighted by Gasteiger charge is 2.45. The van der Waals surface area contributed by atoms with E-state index in [0.29, 0.717) is 30.3 Å². The minimum Gasteiger partial charge on any atom is -0.481 e. The van der Waals surface area contributed by atoms with Crippen LogP contribution in [0.3, 0.4) is 0 Å². The molecule has 3 N–H and O–H groups in total. The van der Waals surface area contributed by atoms with Crippen molar-refractivity contribution in [1.29, 1.82) is 0 Å². The Kier molecular flexibility index (Phi) is 6.86. The molecule has 3 aromatic rings. The van der Waals surface area contributed by atoms with Gasteiger partial charge in [-0.2, -0.15) is 5.10 Å². The zero-order valence-corrected chi connectivity index (χ0v) is 19.7. The fourth-order valence-electron chi connectivity index (χ4n) is 4.54. The van der Waals surface area contributed by atoms with Crippen LogP contribution in [0.4, 0.5) is 20.4 Å². The normalized spacial score (nSPS) is 20.9. The van der Waals surface area contributed by atoms with Crippen molar-refractivity contribution in [1.82, 2.24) is 20.1 Å². The fraction of sp³-hybridized carbons (Fsp3) is 0.375. The van der Waals surface area contributed by atoms with Crippen LogP contribution in [0.1, 0.15) is 36.7 Å². The van der Waals surface area contributed by atoms with Gasteiger partial charge in [0.05, 0.1) is 16.1 Å². The molecular weight excluding hydrogens is 464 g/mol. The predicted octanol–water partition coefficient (Wildman–Crippen LogP) is 5.09. The van der Waals surface area contributed by atoms with Crippen molar-refractivity contribution in [3.8, 4) is 0 Å². The second kappa shape index (κ2) is 9.68. The van der Waals surface area contributed by atoms with E-state index in [1.807, 2.05) is 18.7 Å². The number of carboxylic acids is 1. The summed E-state index contributed by atoms with van der Waals surface area (Å²) in [7, 11) is 0. The summed E-state index contributed by atoms with van der Waals surface area (Å²) in [5, 5.41) is 20.1. The van der Waals surface area contributed by atoms with Crippen molar-refractivity contribution >= 4 is 29.2 Å². The highest BCUT2D eigenvalue weighted by molar-refractivity contribution is 6.30. The lowest BCUT2D eigenvalue weighted by molar-refractivity contribution is -0.153. The number of benzene rings is 1. The number of carbonyl (C=O) groups is 1. The summed E-state index contributed by atoms with van der Waals surface area (Å²) in [5.74, 6) is -1.10. The highest BCUT2D eigenvalue weighted by Crippen LogP contribution is 2.39. The summed E-state index contributed by atoms with van der Waals surface area (Å²) < 4.78 is 29.1. The predicted molar refractivity (Wildman–Crippen MR) is 125 cm³/mol. The van der Waals surface area contributed by atoms with Crippen LogP contribution in [0.15, 0.2) is 36.4 Å². The van der Waals surface area contributed by atoms with E-state index in [1.165, 1.54) is 18.2 Å². The first-order chi connectivity index (χ1) is 16.2. The van der Waals surface area contributed by atoms with E-state index in [2.05, 4.69) is 20.5 Å². The Bertz CT molecular complexity index is 1200. The number of H-pyrrole nitrogens is 1. The zero-order valence-electron chi connectivity index (χ0n) is 18.9. The Morgan fingerprint density at radius 3 is 2.79 bits per heavy atom. The summed E-state index contributed by atoms with van der Waals surface area (Å²) in [4.78, 5) is 18.8. The van der Waals surface area contributed by atoms with Crippen LogP contribution < -0.4 is 5.32 Å². The summed E-state index contributed by atoms with van der Waals surface area (Å²) in [6, 6.07) is 9.24. The maximum absolute atomic E-state index is 14.7. The average Bonchev–Trinajstić information content (AvgIpc) is 3.20. The van der Waals surface area contributed by atoms with Crippen molar-refractivity contribution in [2.45, 2.75) is 45.7 Å². The van der Waals surface area contributed by atoms with Crippen LogP contribution in [0, 0.1) is 24.0 Å². The number of likely N-dealkylation sites (tertiary alicyclic amines) is 1. The summed E-state index contributed by atoms with van der Waals surface area (Å²) in [6.45, 7) is 4.50. The number of hydrogen-bond donors (Lipinski definition) is 3. The lowest BCUT2D eigenvalue weighted by Crippen LogP contribution is -2.50. The van der Waals surface area contributed by atoms with E-state index in [4.69, 9.17) is 11.6 Å². The molecule has 0 radical (unpaired) electrons. The lowest BCUT2D eigenvalue weighted by atomic mass is 9.72. The number of nitrogens with zero attached hydrogens (tertiary/aromatic N) is 3. The molecule has 1 aliphatic heterocycles. The number of rotatable bonds is 7. The molecule has 0 aliphatic carbocycles. The molecule has 1 aromatic carbocycles. The largest absolute Gasteiger partial charge is 0.481 e. The molecule has 1 aliphatic rings. The molecule has 10 heteroatoms. The molecule has 1 fully saturated rings. The van der Waals surface area contributed by atoms with E-state index in [-0.39, 0.29) is 36.0 Å². The van der Waals surface area contributed by atoms with Gasteiger partial charge >= 0.3 is 5.97 Å². The molecule has 34 heavy (non-hydrogen) atoms. The van der Waals surface area contributed by atoms with Crippen LogP contribution in [0.2, 0.25) is 5.02 Å². The van der Waals surface area contributed by atoms with Crippen LogP contribution in [-0.4, -0.2) is 43.7 Å². The van der Waals surface area contributed by atoms with Crippen molar-refractivity contribution in [2.75, 3.05) is 11.9 Å². The van der Waals surface area contributed by atoms with Crippen LogP contribution in [0.25, 0.3) is 0 Å². The minimum atomic E-state index is -1.18. The topological polar surface area (TPSA) is 94.1 Å². The molecule has 180 valence electrons. The summed E-state index contributed by atoms with van der Waals surface area (Å²) in [5.41, 5.74) is 0.217. The van der Waals surface area contributed by atoms with Crippen molar-refractivity contribution in [2.24, 2.45) is 5.41 Å². The third-order valence-corrected chi connectivity index (χ3v) is 6.72. The monoisotopic (exact) mass is 489 g/mol. The number of piperidine rings is 1. The third-order valence-electron chi connectivity index (χ3n) is 6.43. The van der Waals surface area contributed by atoms with Gasteiger partial charge in [-0.25, -0.2) is 13.8 Å². The van der Waals surface area contributed by atoms with Gasteiger partial charge in [0.25, 0.3) is 0 Å². The maximum atomic E-state index is 14.7. The Hall–Kier alpha value is -3.04. The van der Waals surface area contributed by atoms with Crippen LogP contribution >= 0.6 is 11.6 Å². The molecule has 3 heterocycles. The quantitative estimate of drug-likeness (QED) is 0.428. The van der Waals surface area contributed by atoms with Gasteiger partial charge in [0.1, 0.15) is 17.5 Å². The van der Waals surface area contributed by atoms with E-state index in [1.54, 1.807) is 18.2 Å². The fourth-order valence-corrected chi connectivity index (χ4v) is 4.74. The van der Waals surface area contributed by atoms with E-state index >= 15 is 0 Å². The number of aromatic nitrogens is 3. The molecule has 2 atom stereocenters. The first-order valence-electron chi connectivity index (χ1n) is 11.0. The minimum absolute atomic E-state index is 0.0486. The Morgan fingerprint density at radius 2 is 2.12 bits per heavy atom. The second-order valence-electron chi connectivity index (χ2n) is 8.94. The third kappa shape index (κ3) is 5.05. The van der Waals surface area contributed by atoms with E-state index < -0.39 is 23.0 Å². The first-order valence-corrected chi connectivity index (χ1v) is 11.4. The smallest absolute Gasteiger partial charge is 0.310 e. The van der Waals surface area contributed by atoms with Gasteiger partial charge in [0.15, 0.2) is 5.82 Å². The lowest BCUT2D eigenvalue weighted by Gasteiger charge is -2.43. The van der Waals surface area contributed by atoms with Gasteiger partial charge in [0, 0.05) is 36.3 Å². The average molecular weight is 490 g/mol. The first kappa shape index (κ1) is 24.1. The number of nitrogens with one attached hydrogen (secondary N) is 2. The van der Waals surface area contributed by atoms with E-state index in [9.17, 15) is 18.7 Å². The number of halogens is 3. The number of aryl methyl sites for hydroxylation is 1. The van der Waals surface area contributed by atoms with Gasteiger partial charge in [-0.15, -0.1) is 0 Å². The molecule has 0 spiro atoms. The Labute approximate surface area is 201 Å². The molecule has 7 nitrogen and oxygen atoms in total. The number of anilines is 2. The standard InChI is InChI=1S/C24H26ClF2N5O2/c1-14-10-21(31-30-14)29-20-7-6-18(26)19(28-20)12-24(23(33)34)8-9-32(15(2)11-24)13-16-4-3-5-17(25)22(16)27/h3-7,10,15H,8-9,11-13H2,1-2H3,(H,33,34)(H2,28,29,30,31).